The number of hydrogen-bond donors (Lipinski definition) is 0. The van der Waals surface area contributed by atoms with Gasteiger partial charge in [0.2, 0.25) is 6.69 Å². The van der Waals surface area contributed by atoms with E-state index in [0.717, 1.165) is 6.04 Å². The van der Waals surface area contributed by atoms with Crippen LogP contribution in [0.2, 0.25) is 12.6 Å². The monoisotopic (exact) mass is 716 g/mol. The first-order chi connectivity index (χ1) is 19.1. The van der Waals surface area contributed by atoms with Crippen molar-refractivity contribution in [3.05, 3.63) is 0 Å². The van der Waals surface area contributed by atoms with E-state index in [4.69, 9.17) is 22.2 Å². The van der Waals surface area contributed by atoms with Gasteiger partial charge in [0, 0.05) is 0 Å². The number of alkyl halides is 1. The third-order valence-corrected chi connectivity index (χ3v) is 11.6. The molecule has 0 aliphatic heterocycles. The van der Waals surface area contributed by atoms with E-state index in [2.05, 4.69) is 22.6 Å². The topological polar surface area (TPSA) is 0 Å². The third-order valence-electron chi connectivity index (χ3n) is 8.50. The van der Waals surface area contributed by atoms with E-state index < -0.39 is 6.69 Å². The van der Waals surface area contributed by atoms with Crippen LogP contribution in [0.4, 0.5) is 0 Å². The molecule has 0 aliphatic carbocycles. The molecule has 0 nitrogen and oxygen atoms in total. The van der Waals surface area contributed by atoms with Gasteiger partial charge in [0.1, 0.15) is 0 Å². The molecule has 0 spiro atoms. The molecule has 236 valence electrons. The molecular weight excluding hydrogens is 646 g/mol. The Bertz CT molecular complexity index is 441. The molecule has 0 atom stereocenters. The van der Waals surface area contributed by atoms with Crippen molar-refractivity contribution in [1.82, 2.24) is 0 Å². The lowest BCUT2D eigenvalue weighted by Crippen LogP contribution is -2.11. The number of hydrogen-bond acceptors (Lipinski definition) is 0. The molecule has 0 aromatic carbocycles. The van der Waals surface area contributed by atoms with Crippen molar-refractivity contribution in [1.29, 1.82) is 0 Å². The van der Waals surface area contributed by atoms with Crippen LogP contribution in [0, 0.1) is 0 Å². The Morgan fingerprint density at radius 1 is 0.308 bits per heavy atom. The Hall–Kier alpha value is 1.53. The van der Waals surface area contributed by atoms with E-state index in [1.165, 1.54) is 210 Å². The molecule has 0 rings (SSSR count). The minimum atomic E-state index is -1.84. The van der Waals surface area contributed by atoms with Gasteiger partial charge in [-0.3, -0.25) is 0 Å². The van der Waals surface area contributed by atoms with Crippen LogP contribution in [-0.2, 0) is 0 Å². The van der Waals surface area contributed by atoms with Crippen LogP contribution in [0.15, 0.2) is 0 Å². The lowest BCUT2D eigenvalue weighted by atomic mass is 10.0. The highest BCUT2D eigenvalue weighted by Gasteiger charge is 2.19. The summed E-state index contributed by atoms with van der Waals surface area (Å²) in [6, 6.07) is 1.07. The molecule has 0 heterocycles. The number of rotatable bonds is 34. The van der Waals surface area contributed by atoms with Crippen LogP contribution in [0.25, 0.3) is 0 Å². The quantitative estimate of drug-likeness (QED) is 0.0204. The zero-order valence-electron chi connectivity index (χ0n) is 26.7. The lowest BCUT2D eigenvalue weighted by Gasteiger charge is -2.09. The van der Waals surface area contributed by atoms with Gasteiger partial charge in [0.15, 0.2) is 0 Å². The van der Waals surface area contributed by atoms with E-state index >= 15 is 0 Å². The van der Waals surface area contributed by atoms with Gasteiger partial charge in [-0.1, -0.05) is 222 Å². The second-order valence-electron chi connectivity index (χ2n) is 12.8. The van der Waals surface area contributed by atoms with Gasteiger partial charge in [-0.05, 0) is 23.4 Å². The van der Waals surface area contributed by atoms with Gasteiger partial charge in [0.25, 0.3) is 0 Å². The van der Waals surface area contributed by atoms with E-state index in [0.29, 0.717) is 0 Å². The fraction of sp³-hybridized carbons (Fsp3) is 1.00. The summed E-state index contributed by atoms with van der Waals surface area (Å²) in [5.41, 5.74) is 0. The molecule has 0 aromatic heterocycles. The molecule has 0 aromatic rings. The van der Waals surface area contributed by atoms with E-state index in [9.17, 15) is 0 Å². The van der Waals surface area contributed by atoms with Crippen molar-refractivity contribution < 1.29 is 0 Å². The molecule has 0 bridgehead atoms. The van der Waals surface area contributed by atoms with E-state index in [-0.39, 0.29) is 0 Å². The lowest BCUT2D eigenvalue weighted by molar-refractivity contribution is 0.512. The highest BCUT2D eigenvalue weighted by Crippen LogP contribution is 2.23. The molecule has 0 radical (unpaired) electrons. The third kappa shape index (κ3) is 39.5. The van der Waals surface area contributed by atoms with Crippen molar-refractivity contribution in [3.63, 3.8) is 0 Å². The summed E-state index contributed by atoms with van der Waals surface area (Å²) in [4.78, 5) is 0. The first kappa shape index (κ1) is 40.5. The molecule has 0 aliphatic rings. The van der Waals surface area contributed by atoms with Crippen molar-refractivity contribution in [3.8, 4) is 0 Å². The molecule has 39 heavy (non-hydrogen) atoms. The highest BCUT2D eigenvalue weighted by atomic mass is 127. The zero-order valence-corrected chi connectivity index (χ0v) is 31.3. The first-order valence-electron chi connectivity index (χ1n) is 18.0. The average Bonchev–Trinajstić information content (AvgIpc) is 2.90. The smallest absolute Gasteiger partial charge is 0.146 e. The van der Waals surface area contributed by atoms with Crippen molar-refractivity contribution in [2.45, 2.75) is 218 Å². The van der Waals surface area contributed by atoms with Crippen LogP contribution in [0.1, 0.15) is 205 Å². The van der Waals surface area contributed by atoms with Gasteiger partial charge in [-0.25, -0.2) is 0 Å². The van der Waals surface area contributed by atoms with Gasteiger partial charge >= 0.3 is 0 Å². The molecule has 0 unspecified atom stereocenters. The van der Waals surface area contributed by atoms with Crippen LogP contribution < -0.4 is 0 Å². The Labute approximate surface area is 272 Å². The minimum Gasteiger partial charge on any atom is -0.146 e. The normalized spacial score (nSPS) is 12.0. The summed E-state index contributed by atoms with van der Waals surface area (Å²) in [5, 5.41) is 0. The summed E-state index contributed by atoms with van der Waals surface area (Å²) in [5.74, 6) is 0. The maximum absolute atomic E-state index is 6.16. The molecule has 0 fully saturated rings. The molecule has 0 saturated heterocycles. The predicted molar refractivity (Wildman–Crippen MR) is 195 cm³/mol. The molecule has 0 amide bonds. The maximum Gasteiger partial charge on any atom is 0.248 e. The first-order valence-corrected chi connectivity index (χ1v) is 24.3. The SMILES string of the molecule is C[Si](Cl)(Cl)CCCCCCCCCCCCCCCCCCCCCCCCCCCCCCCCCCI. The second-order valence-corrected chi connectivity index (χ2v) is 22.1. The maximum atomic E-state index is 6.16. The summed E-state index contributed by atoms with van der Waals surface area (Å²) >= 11 is 14.8. The summed E-state index contributed by atoms with van der Waals surface area (Å²) in [6.07, 6.45) is 46.6. The van der Waals surface area contributed by atoms with Crippen molar-refractivity contribution in [2.24, 2.45) is 0 Å². The second kappa shape index (κ2) is 34.0. The molecule has 4 heteroatoms. The number of unbranched alkanes of at least 4 members (excludes halogenated alkanes) is 31. The highest BCUT2D eigenvalue weighted by molar-refractivity contribution is 14.1. The van der Waals surface area contributed by atoms with E-state index in [1.54, 1.807) is 0 Å². The van der Waals surface area contributed by atoms with E-state index in [1.807, 2.05) is 6.55 Å². The van der Waals surface area contributed by atoms with Crippen molar-refractivity contribution in [2.75, 3.05) is 4.43 Å². The largest absolute Gasteiger partial charge is 0.248 e. The summed E-state index contributed by atoms with van der Waals surface area (Å²) in [7, 11) is 0. The van der Waals surface area contributed by atoms with Gasteiger partial charge < -0.3 is 0 Å². The molecular formula is C35H71Cl2ISi. The summed E-state index contributed by atoms with van der Waals surface area (Å²) in [6.45, 7) is 0.203. The summed E-state index contributed by atoms with van der Waals surface area (Å²) < 4.78 is 1.34. The predicted octanol–water partition coefficient (Wildman–Crippen LogP) is 15.5. The van der Waals surface area contributed by atoms with Gasteiger partial charge in [-0.15, -0.1) is 22.2 Å². The molecule has 0 saturated carbocycles. The Balaban J connectivity index is 3.04. The minimum absolute atomic E-state index is 1.07. The fourth-order valence-electron chi connectivity index (χ4n) is 5.83. The van der Waals surface area contributed by atoms with Crippen LogP contribution in [0.5, 0.6) is 0 Å². The van der Waals surface area contributed by atoms with Gasteiger partial charge in [-0.2, -0.15) is 0 Å². The van der Waals surface area contributed by atoms with Gasteiger partial charge in [0.05, 0.1) is 0 Å². The van der Waals surface area contributed by atoms with Crippen molar-refractivity contribution >= 4 is 51.4 Å². The molecule has 0 N–H and O–H groups in total. The van der Waals surface area contributed by atoms with Crippen LogP contribution in [-0.4, -0.2) is 11.1 Å². The number of halogens is 3. The van der Waals surface area contributed by atoms with Crippen LogP contribution in [0.3, 0.4) is 0 Å². The average molecular weight is 718 g/mol. The van der Waals surface area contributed by atoms with Crippen LogP contribution >= 0.6 is 44.7 Å². The Kier molecular flexibility index (Phi) is 35.4. The Morgan fingerprint density at radius 3 is 0.615 bits per heavy atom. The zero-order chi connectivity index (χ0) is 28.5. The standard InChI is InChI=1S/C35H71Cl2ISi/c1-39(36,37)35-33-31-29-27-25-23-21-19-17-15-13-11-9-7-5-3-2-4-6-8-10-12-14-16-18-20-22-24-26-28-30-32-34-38/h2-35H2,1H3. The fourth-order valence-corrected chi connectivity index (χ4v) is 8.05. The Morgan fingerprint density at radius 2 is 0.462 bits per heavy atom.